The highest BCUT2D eigenvalue weighted by molar-refractivity contribution is 6.03. The number of amides is 2. The topological polar surface area (TPSA) is 72.2 Å². The monoisotopic (exact) mass is 268 g/mol. The number of primary amides is 1. The van der Waals surface area contributed by atoms with Crippen LogP contribution in [-0.2, 0) is 11.2 Å². The Balaban J connectivity index is 2.08. The number of carbonyl (C=O) groups is 2. The zero-order valence-corrected chi connectivity index (χ0v) is 11.2. The molecule has 0 aliphatic rings. The second kappa shape index (κ2) is 6.02. The minimum atomic E-state index is -0.559. The van der Waals surface area contributed by atoms with E-state index in [-0.39, 0.29) is 12.3 Å². The van der Waals surface area contributed by atoms with E-state index in [9.17, 15) is 9.59 Å². The first-order valence-corrected chi connectivity index (χ1v) is 6.30. The van der Waals surface area contributed by atoms with Gasteiger partial charge in [-0.25, -0.2) is 0 Å². The molecular weight excluding hydrogens is 252 g/mol. The fourth-order valence-electron chi connectivity index (χ4n) is 1.89. The second-order valence-corrected chi connectivity index (χ2v) is 4.62. The summed E-state index contributed by atoms with van der Waals surface area (Å²) in [7, 11) is 0. The van der Waals surface area contributed by atoms with Gasteiger partial charge in [0.2, 0.25) is 5.91 Å². The molecule has 0 saturated heterocycles. The van der Waals surface area contributed by atoms with E-state index in [1.165, 1.54) is 0 Å². The van der Waals surface area contributed by atoms with E-state index in [0.29, 0.717) is 11.3 Å². The van der Waals surface area contributed by atoms with Crippen LogP contribution in [0.25, 0.3) is 0 Å². The zero-order chi connectivity index (χ0) is 14.5. The lowest BCUT2D eigenvalue weighted by Crippen LogP contribution is -2.19. The molecule has 0 aliphatic heterocycles. The Kier molecular flexibility index (Phi) is 4.15. The fourth-order valence-corrected chi connectivity index (χ4v) is 1.89. The molecule has 0 heterocycles. The lowest BCUT2D eigenvalue weighted by atomic mass is 10.1. The quantitative estimate of drug-likeness (QED) is 0.892. The van der Waals surface area contributed by atoms with Crippen molar-refractivity contribution in [2.45, 2.75) is 13.3 Å². The molecule has 2 aromatic rings. The van der Waals surface area contributed by atoms with Crippen molar-refractivity contribution in [3.05, 3.63) is 65.2 Å². The third-order valence-electron chi connectivity index (χ3n) is 2.95. The highest BCUT2D eigenvalue weighted by atomic mass is 16.2. The van der Waals surface area contributed by atoms with E-state index < -0.39 is 5.91 Å². The minimum absolute atomic E-state index is 0.178. The number of nitrogens with one attached hydrogen (secondary N) is 1. The van der Waals surface area contributed by atoms with Crippen molar-refractivity contribution in [2.75, 3.05) is 5.32 Å². The average molecular weight is 268 g/mol. The number of rotatable bonds is 4. The van der Waals surface area contributed by atoms with Gasteiger partial charge in [0.05, 0.1) is 17.7 Å². The number of aryl methyl sites for hydroxylation is 1. The number of nitrogens with two attached hydrogens (primary N) is 1. The van der Waals surface area contributed by atoms with Crippen LogP contribution in [0, 0.1) is 6.92 Å². The van der Waals surface area contributed by atoms with Crippen LogP contribution in [0.1, 0.15) is 21.5 Å². The summed E-state index contributed by atoms with van der Waals surface area (Å²) in [6.07, 6.45) is 0.257. The molecule has 102 valence electrons. The van der Waals surface area contributed by atoms with Gasteiger partial charge in [-0.1, -0.05) is 42.0 Å². The maximum atomic E-state index is 12.0. The van der Waals surface area contributed by atoms with E-state index in [4.69, 9.17) is 5.73 Å². The summed E-state index contributed by atoms with van der Waals surface area (Å²) in [6.45, 7) is 1.99. The standard InChI is InChI=1S/C16H16N2O2/c1-11-6-8-12(9-7-11)10-15(19)18-14-5-3-2-4-13(14)16(17)20/h2-9H,10H2,1H3,(H2,17,20)(H,18,19). The van der Waals surface area contributed by atoms with Crippen LogP contribution in [0.2, 0.25) is 0 Å². The molecule has 4 nitrogen and oxygen atoms in total. The molecule has 0 radical (unpaired) electrons. The van der Waals surface area contributed by atoms with Crippen molar-refractivity contribution in [1.82, 2.24) is 0 Å². The van der Waals surface area contributed by atoms with Crippen LogP contribution in [0.5, 0.6) is 0 Å². The Morgan fingerprint density at radius 2 is 1.70 bits per heavy atom. The van der Waals surface area contributed by atoms with Gasteiger partial charge in [-0.05, 0) is 24.6 Å². The van der Waals surface area contributed by atoms with Gasteiger partial charge in [0.1, 0.15) is 0 Å². The number of carbonyl (C=O) groups excluding carboxylic acids is 2. The molecule has 0 atom stereocenters. The maximum absolute atomic E-state index is 12.0. The molecule has 0 bridgehead atoms. The van der Waals surface area contributed by atoms with Gasteiger partial charge in [0, 0.05) is 0 Å². The minimum Gasteiger partial charge on any atom is -0.366 e. The third-order valence-corrected chi connectivity index (χ3v) is 2.95. The molecule has 0 unspecified atom stereocenters. The molecule has 2 rings (SSSR count). The van der Waals surface area contributed by atoms with Gasteiger partial charge in [-0.15, -0.1) is 0 Å². The highest BCUT2D eigenvalue weighted by Crippen LogP contribution is 2.15. The predicted molar refractivity (Wildman–Crippen MR) is 78.5 cm³/mol. The number of hydrogen-bond donors (Lipinski definition) is 2. The normalized spacial score (nSPS) is 10.1. The molecule has 3 N–H and O–H groups in total. The van der Waals surface area contributed by atoms with Crippen molar-refractivity contribution >= 4 is 17.5 Å². The molecule has 2 amide bonds. The fraction of sp³-hybridized carbons (Fsp3) is 0.125. The third kappa shape index (κ3) is 3.45. The van der Waals surface area contributed by atoms with Crippen LogP contribution in [0.3, 0.4) is 0 Å². The molecule has 0 saturated carbocycles. The predicted octanol–water partition coefficient (Wildman–Crippen LogP) is 2.28. The van der Waals surface area contributed by atoms with Crippen LogP contribution in [0.15, 0.2) is 48.5 Å². The zero-order valence-electron chi connectivity index (χ0n) is 11.2. The largest absolute Gasteiger partial charge is 0.366 e. The van der Waals surface area contributed by atoms with E-state index in [1.807, 2.05) is 31.2 Å². The van der Waals surface area contributed by atoms with Crippen LogP contribution in [0.4, 0.5) is 5.69 Å². The van der Waals surface area contributed by atoms with Crippen LogP contribution < -0.4 is 11.1 Å². The lowest BCUT2D eigenvalue weighted by Gasteiger charge is -2.08. The van der Waals surface area contributed by atoms with Crippen molar-refractivity contribution in [3.8, 4) is 0 Å². The summed E-state index contributed by atoms with van der Waals surface area (Å²) >= 11 is 0. The molecular formula is C16H16N2O2. The summed E-state index contributed by atoms with van der Waals surface area (Å²) < 4.78 is 0. The van der Waals surface area contributed by atoms with Crippen molar-refractivity contribution in [3.63, 3.8) is 0 Å². The first-order valence-electron chi connectivity index (χ1n) is 6.30. The van der Waals surface area contributed by atoms with Crippen LogP contribution in [-0.4, -0.2) is 11.8 Å². The summed E-state index contributed by atoms with van der Waals surface area (Å²) in [5, 5.41) is 2.72. The van der Waals surface area contributed by atoms with Gasteiger partial charge < -0.3 is 11.1 Å². The number of anilines is 1. The molecule has 0 fully saturated rings. The molecule has 0 aliphatic carbocycles. The lowest BCUT2D eigenvalue weighted by molar-refractivity contribution is -0.115. The molecule has 0 aromatic heterocycles. The van der Waals surface area contributed by atoms with Crippen LogP contribution >= 0.6 is 0 Å². The summed E-state index contributed by atoms with van der Waals surface area (Å²) in [6, 6.07) is 14.4. The van der Waals surface area contributed by atoms with Crippen molar-refractivity contribution in [2.24, 2.45) is 5.73 Å². The van der Waals surface area contributed by atoms with E-state index in [0.717, 1.165) is 11.1 Å². The summed E-state index contributed by atoms with van der Waals surface area (Å²) in [5.41, 5.74) is 8.09. The Hall–Kier alpha value is -2.62. The molecule has 4 heteroatoms. The van der Waals surface area contributed by atoms with Gasteiger partial charge >= 0.3 is 0 Å². The molecule has 0 spiro atoms. The van der Waals surface area contributed by atoms with Gasteiger partial charge in [-0.2, -0.15) is 0 Å². The Morgan fingerprint density at radius 1 is 1.05 bits per heavy atom. The summed E-state index contributed by atoms with van der Waals surface area (Å²) in [5.74, 6) is -0.737. The van der Waals surface area contributed by atoms with E-state index in [1.54, 1.807) is 24.3 Å². The Morgan fingerprint density at radius 3 is 2.35 bits per heavy atom. The van der Waals surface area contributed by atoms with Gasteiger partial charge in [0.15, 0.2) is 0 Å². The number of hydrogen-bond acceptors (Lipinski definition) is 2. The first kappa shape index (κ1) is 13.8. The van der Waals surface area contributed by atoms with E-state index >= 15 is 0 Å². The molecule has 2 aromatic carbocycles. The van der Waals surface area contributed by atoms with E-state index in [2.05, 4.69) is 5.32 Å². The number of para-hydroxylation sites is 1. The van der Waals surface area contributed by atoms with Gasteiger partial charge in [0.25, 0.3) is 5.91 Å². The highest BCUT2D eigenvalue weighted by Gasteiger charge is 2.10. The van der Waals surface area contributed by atoms with Gasteiger partial charge in [-0.3, -0.25) is 9.59 Å². The van der Waals surface area contributed by atoms with Crippen molar-refractivity contribution in [1.29, 1.82) is 0 Å². The maximum Gasteiger partial charge on any atom is 0.250 e. The van der Waals surface area contributed by atoms with Crippen molar-refractivity contribution < 1.29 is 9.59 Å². The summed E-state index contributed by atoms with van der Waals surface area (Å²) in [4.78, 5) is 23.2. The second-order valence-electron chi connectivity index (χ2n) is 4.62. The SMILES string of the molecule is Cc1ccc(CC(=O)Nc2ccccc2C(N)=O)cc1. The Bertz CT molecular complexity index is 633. The Labute approximate surface area is 117 Å². The smallest absolute Gasteiger partial charge is 0.250 e. The number of benzene rings is 2. The first-order chi connectivity index (χ1) is 9.56. The molecule has 20 heavy (non-hydrogen) atoms. The average Bonchev–Trinajstić information content (AvgIpc) is 2.41.